The monoisotopic (exact) mass is 424 g/mol. The van der Waals surface area contributed by atoms with Crippen LogP contribution >= 0.6 is 0 Å². The summed E-state index contributed by atoms with van der Waals surface area (Å²) < 4.78 is 27.7. The molecule has 30 heavy (non-hydrogen) atoms. The maximum atomic E-state index is 13.8. The molecule has 6 nitrogen and oxygen atoms in total. The lowest BCUT2D eigenvalue weighted by atomic mass is 10.0. The zero-order valence-electron chi connectivity index (χ0n) is 18.7. The summed E-state index contributed by atoms with van der Waals surface area (Å²) in [6.45, 7) is 6.13. The largest absolute Gasteiger partial charge is 0.402 e. The van der Waals surface area contributed by atoms with Crippen LogP contribution in [-0.2, 0) is 4.84 Å². The molecule has 0 aliphatic heterocycles. The van der Waals surface area contributed by atoms with E-state index in [0.717, 1.165) is 17.2 Å². The van der Waals surface area contributed by atoms with E-state index in [0.29, 0.717) is 30.7 Å². The number of hydrogen-bond acceptors (Lipinski definition) is 4. The number of nitrogens with zero attached hydrogens (tertiary/aromatic N) is 2. The molecule has 0 aromatic heterocycles. The van der Waals surface area contributed by atoms with Crippen LogP contribution in [0.1, 0.15) is 39.2 Å². The van der Waals surface area contributed by atoms with Crippen LogP contribution in [0.2, 0.25) is 0 Å². The third kappa shape index (κ3) is 9.43. The summed E-state index contributed by atoms with van der Waals surface area (Å²) >= 11 is 0. The van der Waals surface area contributed by atoms with Gasteiger partial charge in [0.05, 0.1) is 12.7 Å². The van der Waals surface area contributed by atoms with Crippen molar-refractivity contribution in [2.45, 2.75) is 33.6 Å². The van der Waals surface area contributed by atoms with Crippen LogP contribution in [-0.4, -0.2) is 43.7 Å². The van der Waals surface area contributed by atoms with Crippen molar-refractivity contribution in [3.05, 3.63) is 52.7 Å². The van der Waals surface area contributed by atoms with Crippen LogP contribution in [0.15, 0.2) is 35.5 Å². The standard InChI is InChI=1S/C18H26F2N4O2.C2H6.C2H2/c1-12(21)13(7-6-10-23(2)18(25)24(3)26-4)11-16(22)17-14(19)8-5-9-15(17)20;2*1-2/h5,8-9,11H,6-7,10,21-22H2,1-4H3;1-2H3;1-2H/b13-12-,16-11-;;. The first-order valence-electron chi connectivity index (χ1n) is 9.42. The molecule has 0 unspecified atom stereocenters. The number of terminal acetylenes is 1. The Hall–Kier alpha value is -3.05. The number of halogens is 2. The molecular formula is C22H34F2N4O2. The fraction of sp³-hybridized carbons (Fsp3) is 0.409. The number of carbonyl (C=O) groups is 1. The van der Waals surface area contributed by atoms with Crippen LogP contribution in [0.4, 0.5) is 13.6 Å². The first kappa shape index (κ1) is 29.2. The van der Waals surface area contributed by atoms with Gasteiger partial charge in [-0.15, -0.1) is 12.8 Å². The van der Waals surface area contributed by atoms with Crippen molar-refractivity contribution in [2.75, 3.05) is 27.7 Å². The smallest absolute Gasteiger partial charge is 0.343 e. The molecule has 0 atom stereocenters. The molecule has 168 valence electrons. The van der Waals surface area contributed by atoms with Crippen molar-refractivity contribution in [1.29, 1.82) is 0 Å². The van der Waals surface area contributed by atoms with E-state index in [-0.39, 0.29) is 17.3 Å². The summed E-state index contributed by atoms with van der Waals surface area (Å²) in [5.41, 5.74) is 12.6. The predicted molar refractivity (Wildman–Crippen MR) is 119 cm³/mol. The summed E-state index contributed by atoms with van der Waals surface area (Å²) in [7, 11) is 4.57. The normalized spacial score (nSPS) is 11.2. The Kier molecular flexibility index (Phi) is 15.4. The summed E-state index contributed by atoms with van der Waals surface area (Å²) in [6, 6.07) is 3.27. The van der Waals surface area contributed by atoms with E-state index < -0.39 is 11.6 Å². The highest BCUT2D eigenvalue weighted by Gasteiger charge is 2.14. The lowest BCUT2D eigenvalue weighted by molar-refractivity contribution is -0.0742. The second-order valence-corrected chi connectivity index (χ2v) is 5.89. The molecule has 0 saturated carbocycles. The van der Waals surface area contributed by atoms with Crippen molar-refractivity contribution in [1.82, 2.24) is 9.96 Å². The molecule has 4 N–H and O–H groups in total. The molecule has 0 heterocycles. The Balaban J connectivity index is 0. The lowest BCUT2D eigenvalue weighted by Crippen LogP contribution is -2.38. The molecule has 0 bridgehead atoms. The third-order valence-electron chi connectivity index (χ3n) is 3.90. The van der Waals surface area contributed by atoms with Gasteiger partial charge in [0.15, 0.2) is 0 Å². The van der Waals surface area contributed by atoms with E-state index >= 15 is 0 Å². The first-order chi connectivity index (χ1) is 14.2. The van der Waals surface area contributed by atoms with Gasteiger partial charge in [-0.1, -0.05) is 19.9 Å². The molecule has 8 heteroatoms. The molecule has 0 radical (unpaired) electrons. The Bertz CT molecular complexity index is 722. The van der Waals surface area contributed by atoms with Crippen molar-refractivity contribution < 1.29 is 18.4 Å². The second kappa shape index (κ2) is 15.8. The average Bonchev–Trinajstić information content (AvgIpc) is 2.74. The second-order valence-electron chi connectivity index (χ2n) is 5.89. The summed E-state index contributed by atoms with van der Waals surface area (Å²) in [5.74, 6) is -1.47. The van der Waals surface area contributed by atoms with Crippen LogP contribution in [0.3, 0.4) is 0 Å². The van der Waals surface area contributed by atoms with Gasteiger partial charge >= 0.3 is 6.03 Å². The highest BCUT2D eigenvalue weighted by molar-refractivity contribution is 5.72. The molecule has 1 aromatic carbocycles. The number of amides is 2. The van der Waals surface area contributed by atoms with Gasteiger partial charge in [-0.3, -0.25) is 4.84 Å². The van der Waals surface area contributed by atoms with Crippen molar-refractivity contribution >= 4 is 11.7 Å². The van der Waals surface area contributed by atoms with Gasteiger partial charge in [0, 0.05) is 32.0 Å². The number of allylic oxidation sites excluding steroid dienone is 3. The summed E-state index contributed by atoms with van der Waals surface area (Å²) in [6.07, 6.45) is 10.6. The Morgan fingerprint density at radius 3 is 2.10 bits per heavy atom. The minimum Gasteiger partial charge on any atom is -0.402 e. The molecule has 0 aliphatic rings. The predicted octanol–water partition coefficient (Wildman–Crippen LogP) is 4.10. The van der Waals surface area contributed by atoms with Crippen LogP contribution in [0.25, 0.3) is 5.70 Å². The highest BCUT2D eigenvalue weighted by atomic mass is 19.1. The molecule has 1 aromatic rings. The molecule has 0 aliphatic carbocycles. The zero-order chi connectivity index (χ0) is 23.9. The van der Waals surface area contributed by atoms with Crippen LogP contribution < -0.4 is 11.5 Å². The van der Waals surface area contributed by atoms with Gasteiger partial charge in [-0.25, -0.2) is 18.6 Å². The fourth-order valence-corrected chi connectivity index (χ4v) is 2.34. The minimum absolute atomic E-state index is 0.0380. The van der Waals surface area contributed by atoms with E-state index in [1.54, 1.807) is 14.0 Å². The maximum absolute atomic E-state index is 13.8. The van der Waals surface area contributed by atoms with Gasteiger partial charge in [-0.2, -0.15) is 0 Å². The molecule has 0 fully saturated rings. The molecular weight excluding hydrogens is 390 g/mol. The average molecular weight is 425 g/mol. The van der Waals surface area contributed by atoms with Gasteiger partial charge in [-0.05, 0) is 43.5 Å². The van der Waals surface area contributed by atoms with Gasteiger partial charge in [0.2, 0.25) is 0 Å². The first-order valence-corrected chi connectivity index (χ1v) is 9.42. The van der Waals surface area contributed by atoms with E-state index in [4.69, 9.17) is 16.3 Å². The highest BCUT2D eigenvalue weighted by Crippen LogP contribution is 2.21. The van der Waals surface area contributed by atoms with E-state index in [1.807, 2.05) is 13.8 Å². The third-order valence-corrected chi connectivity index (χ3v) is 3.90. The molecule has 0 saturated heterocycles. The Morgan fingerprint density at radius 1 is 1.17 bits per heavy atom. The zero-order valence-corrected chi connectivity index (χ0v) is 18.7. The Morgan fingerprint density at radius 2 is 1.67 bits per heavy atom. The molecule has 2 amide bonds. The topological polar surface area (TPSA) is 84.8 Å². The minimum atomic E-state index is -0.735. The number of benzene rings is 1. The van der Waals surface area contributed by atoms with Crippen molar-refractivity contribution in [2.24, 2.45) is 11.5 Å². The van der Waals surface area contributed by atoms with E-state index in [2.05, 4.69) is 12.8 Å². The van der Waals surface area contributed by atoms with Crippen molar-refractivity contribution in [3.63, 3.8) is 0 Å². The fourth-order valence-electron chi connectivity index (χ4n) is 2.34. The summed E-state index contributed by atoms with van der Waals surface area (Å²) in [5, 5.41) is 1.11. The van der Waals surface area contributed by atoms with Gasteiger partial charge in [0.25, 0.3) is 0 Å². The SMILES string of the molecule is C#C.CC.CON(C)C(=O)N(C)CCCC(/C=C(\N)c1c(F)cccc1F)=C(\C)N. The lowest BCUT2D eigenvalue weighted by Gasteiger charge is -2.22. The summed E-state index contributed by atoms with van der Waals surface area (Å²) in [4.78, 5) is 18.2. The molecule has 0 spiro atoms. The van der Waals surface area contributed by atoms with E-state index in [1.165, 1.54) is 31.2 Å². The number of urea groups is 1. The number of hydrogen-bond donors (Lipinski definition) is 2. The van der Waals surface area contributed by atoms with Crippen LogP contribution in [0.5, 0.6) is 0 Å². The van der Waals surface area contributed by atoms with E-state index in [9.17, 15) is 13.6 Å². The number of rotatable bonds is 7. The quantitative estimate of drug-likeness (QED) is 0.392. The van der Waals surface area contributed by atoms with Gasteiger partial charge in [0.1, 0.15) is 11.6 Å². The van der Waals surface area contributed by atoms with Crippen molar-refractivity contribution in [3.8, 4) is 12.8 Å². The number of carbonyl (C=O) groups excluding carboxylic acids is 1. The Labute approximate surface area is 179 Å². The van der Waals surface area contributed by atoms with Gasteiger partial charge < -0.3 is 16.4 Å². The number of nitrogens with two attached hydrogens (primary N) is 2. The molecule has 1 rings (SSSR count). The number of hydroxylamine groups is 2. The van der Waals surface area contributed by atoms with Crippen LogP contribution in [0, 0.1) is 24.5 Å². The maximum Gasteiger partial charge on any atom is 0.343 e.